The zero-order valence-electron chi connectivity index (χ0n) is 12.3. The van der Waals surface area contributed by atoms with Crippen LogP contribution < -0.4 is 4.43 Å². The molecule has 0 amide bonds. The fourth-order valence-corrected chi connectivity index (χ4v) is 2.47. The molecule has 4 nitrogen and oxygen atoms in total. The molecule has 0 N–H and O–H groups in total. The Balaban J connectivity index is 2.25. The fourth-order valence-electron chi connectivity index (χ4n) is 1.64. The molecule has 0 unspecified atom stereocenters. The molecule has 0 fully saturated rings. The predicted octanol–water partition coefficient (Wildman–Crippen LogP) is 3.75. The molecule has 20 heavy (non-hydrogen) atoms. The zero-order chi connectivity index (χ0) is 14.6. The van der Waals surface area contributed by atoms with E-state index in [0.29, 0.717) is 5.82 Å². The van der Waals surface area contributed by atoms with Gasteiger partial charge in [0.2, 0.25) is 8.32 Å². The Labute approximate surface area is 120 Å². The molecule has 0 atom stereocenters. The number of para-hydroxylation sites is 2. The molecular formula is C15H19N3OSi. The monoisotopic (exact) mass is 285 g/mol. The second-order valence-electron chi connectivity index (χ2n) is 5.50. The van der Waals surface area contributed by atoms with E-state index in [1.807, 2.05) is 37.3 Å². The van der Waals surface area contributed by atoms with E-state index in [0.717, 1.165) is 17.1 Å². The summed E-state index contributed by atoms with van der Waals surface area (Å²) in [6.07, 6.45) is 3.40. The van der Waals surface area contributed by atoms with Crippen LogP contribution in [0.25, 0.3) is 0 Å². The summed E-state index contributed by atoms with van der Waals surface area (Å²) in [5.74, 6) is 1.42. The number of hydrogen-bond acceptors (Lipinski definition) is 4. The number of aromatic nitrogens is 2. The number of nitrogens with zero attached hydrogens (tertiary/aromatic N) is 3. The summed E-state index contributed by atoms with van der Waals surface area (Å²) < 4.78 is 6.03. The zero-order valence-corrected chi connectivity index (χ0v) is 13.3. The Morgan fingerprint density at radius 1 is 1.15 bits per heavy atom. The van der Waals surface area contributed by atoms with E-state index in [-0.39, 0.29) is 0 Å². The Morgan fingerprint density at radius 2 is 1.90 bits per heavy atom. The van der Waals surface area contributed by atoms with Gasteiger partial charge < -0.3 is 4.43 Å². The van der Waals surface area contributed by atoms with Gasteiger partial charge in [-0.1, -0.05) is 12.1 Å². The summed E-state index contributed by atoms with van der Waals surface area (Å²) in [5, 5.41) is 0. The number of aliphatic imine (C=N–C) groups is 1. The third-order valence-corrected chi connectivity index (χ3v) is 3.25. The van der Waals surface area contributed by atoms with Gasteiger partial charge in [0.1, 0.15) is 11.4 Å². The molecule has 2 aromatic rings. The highest BCUT2D eigenvalue weighted by Crippen LogP contribution is 2.28. The lowest BCUT2D eigenvalue weighted by Gasteiger charge is -2.20. The Bertz CT molecular complexity index is 621. The first-order valence-corrected chi connectivity index (χ1v) is 9.97. The van der Waals surface area contributed by atoms with Crippen LogP contribution in [0.1, 0.15) is 11.5 Å². The molecule has 0 saturated heterocycles. The molecule has 0 aliphatic carbocycles. The third kappa shape index (κ3) is 4.27. The highest BCUT2D eigenvalue weighted by molar-refractivity contribution is 6.70. The molecule has 1 aromatic heterocycles. The second-order valence-corrected chi connectivity index (χ2v) is 9.93. The molecule has 0 bridgehead atoms. The Hall–Kier alpha value is -2.01. The lowest BCUT2D eigenvalue weighted by Crippen LogP contribution is -2.29. The van der Waals surface area contributed by atoms with E-state index in [2.05, 4.69) is 34.6 Å². The standard InChI is InChI=1S/C15H19N3OSi/c1-12-9-10-16-15(18-12)11-17-13-7-5-6-8-14(13)19-20(2,3)4/h5-11H,1-4H3/b17-11-. The molecule has 1 aromatic carbocycles. The van der Waals surface area contributed by atoms with Crippen molar-refractivity contribution in [2.45, 2.75) is 26.6 Å². The molecule has 0 radical (unpaired) electrons. The van der Waals surface area contributed by atoms with Crippen molar-refractivity contribution in [1.82, 2.24) is 9.97 Å². The van der Waals surface area contributed by atoms with Crippen molar-refractivity contribution in [1.29, 1.82) is 0 Å². The topological polar surface area (TPSA) is 47.4 Å². The first kappa shape index (κ1) is 14.4. The average Bonchev–Trinajstić information content (AvgIpc) is 2.36. The van der Waals surface area contributed by atoms with Crippen LogP contribution in [0.15, 0.2) is 41.5 Å². The van der Waals surface area contributed by atoms with E-state index in [9.17, 15) is 0 Å². The number of rotatable bonds is 4. The summed E-state index contributed by atoms with van der Waals surface area (Å²) in [5.41, 5.74) is 1.73. The second kappa shape index (κ2) is 5.96. The van der Waals surface area contributed by atoms with Gasteiger partial charge in [-0.15, -0.1) is 0 Å². The lowest BCUT2D eigenvalue weighted by atomic mass is 10.3. The van der Waals surface area contributed by atoms with Crippen molar-refractivity contribution >= 4 is 20.2 Å². The van der Waals surface area contributed by atoms with Crippen molar-refractivity contribution in [3.05, 3.63) is 48.0 Å². The van der Waals surface area contributed by atoms with Crippen LogP contribution in [0.4, 0.5) is 5.69 Å². The minimum Gasteiger partial charge on any atom is -0.543 e. The maximum atomic E-state index is 6.03. The van der Waals surface area contributed by atoms with Crippen LogP contribution in [0.5, 0.6) is 5.75 Å². The van der Waals surface area contributed by atoms with Crippen LogP contribution in [0.3, 0.4) is 0 Å². The average molecular weight is 285 g/mol. The van der Waals surface area contributed by atoms with Crippen molar-refractivity contribution in [2.24, 2.45) is 4.99 Å². The number of benzene rings is 1. The maximum absolute atomic E-state index is 6.03. The number of aryl methyl sites for hydroxylation is 1. The SMILES string of the molecule is Cc1ccnc(/C=N\c2ccccc2O[Si](C)(C)C)n1. The van der Waals surface area contributed by atoms with E-state index in [1.54, 1.807) is 12.4 Å². The van der Waals surface area contributed by atoms with Gasteiger partial charge in [0.05, 0.1) is 6.21 Å². The third-order valence-electron chi connectivity index (χ3n) is 2.41. The molecule has 104 valence electrons. The highest BCUT2D eigenvalue weighted by Gasteiger charge is 2.17. The van der Waals surface area contributed by atoms with Crippen LogP contribution in [0.2, 0.25) is 19.6 Å². The van der Waals surface area contributed by atoms with Gasteiger partial charge in [-0.3, -0.25) is 0 Å². The summed E-state index contributed by atoms with van der Waals surface area (Å²) in [6, 6.07) is 9.64. The van der Waals surface area contributed by atoms with E-state index in [4.69, 9.17) is 4.43 Å². The van der Waals surface area contributed by atoms with Crippen molar-refractivity contribution < 1.29 is 4.43 Å². The summed E-state index contributed by atoms with van der Waals surface area (Å²) in [6.45, 7) is 8.38. The molecule has 0 spiro atoms. The van der Waals surface area contributed by atoms with Gasteiger partial charge >= 0.3 is 0 Å². The van der Waals surface area contributed by atoms with Crippen LogP contribution in [-0.2, 0) is 0 Å². The Kier molecular flexibility index (Phi) is 4.29. The highest BCUT2D eigenvalue weighted by atomic mass is 28.4. The molecule has 0 aliphatic heterocycles. The first-order valence-electron chi connectivity index (χ1n) is 6.56. The van der Waals surface area contributed by atoms with Crippen molar-refractivity contribution in [3.63, 3.8) is 0 Å². The minimum absolute atomic E-state index is 0.604. The molecular weight excluding hydrogens is 266 g/mol. The van der Waals surface area contributed by atoms with Gasteiger partial charge in [-0.05, 0) is 44.8 Å². The van der Waals surface area contributed by atoms with Gasteiger partial charge in [-0.25, -0.2) is 15.0 Å². The number of hydrogen-bond donors (Lipinski definition) is 0. The van der Waals surface area contributed by atoms with E-state index < -0.39 is 8.32 Å². The van der Waals surface area contributed by atoms with Gasteiger partial charge in [0.15, 0.2) is 5.82 Å². The minimum atomic E-state index is -1.65. The van der Waals surface area contributed by atoms with Crippen LogP contribution in [-0.4, -0.2) is 24.5 Å². The van der Waals surface area contributed by atoms with Crippen molar-refractivity contribution in [2.75, 3.05) is 0 Å². The maximum Gasteiger partial charge on any atom is 0.242 e. The molecule has 0 aliphatic rings. The first-order chi connectivity index (χ1) is 9.44. The lowest BCUT2D eigenvalue weighted by molar-refractivity contribution is 0.559. The van der Waals surface area contributed by atoms with E-state index in [1.165, 1.54) is 0 Å². The van der Waals surface area contributed by atoms with Gasteiger partial charge in [0.25, 0.3) is 0 Å². The predicted molar refractivity (Wildman–Crippen MR) is 84.4 cm³/mol. The fraction of sp³-hybridized carbons (Fsp3) is 0.267. The largest absolute Gasteiger partial charge is 0.543 e. The molecule has 1 heterocycles. The summed E-state index contributed by atoms with van der Waals surface area (Å²) in [4.78, 5) is 12.9. The summed E-state index contributed by atoms with van der Waals surface area (Å²) in [7, 11) is -1.65. The van der Waals surface area contributed by atoms with Gasteiger partial charge in [0, 0.05) is 11.9 Å². The van der Waals surface area contributed by atoms with Gasteiger partial charge in [-0.2, -0.15) is 0 Å². The molecule has 5 heteroatoms. The quantitative estimate of drug-likeness (QED) is 0.635. The molecule has 0 saturated carbocycles. The molecule has 2 rings (SSSR count). The smallest absolute Gasteiger partial charge is 0.242 e. The Morgan fingerprint density at radius 3 is 2.60 bits per heavy atom. The van der Waals surface area contributed by atoms with E-state index >= 15 is 0 Å². The van der Waals surface area contributed by atoms with Crippen LogP contribution in [0, 0.1) is 6.92 Å². The summed E-state index contributed by atoms with van der Waals surface area (Å²) >= 11 is 0. The van der Waals surface area contributed by atoms with Crippen LogP contribution >= 0.6 is 0 Å². The normalized spacial score (nSPS) is 11.8. The van der Waals surface area contributed by atoms with Crippen molar-refractivity contribution in [3.8, 4) is 5.75 Å².